The SMILES string of the molecule is O=C(CC12CC3CC(CC(C3)C1)C2)N1CC(Oc2cccnc2)C1. The van der Waals surface area contributed by atoms with Crippen LogP contribution in [-0.4, -0.2) is 35.0 Å². The number of pyridine rings is 1. The zero-order valence-electron chi connectivity index (χ0n) is 14.2. The quantitative estimate of drug-likeness (QED) is 0.853. The van der Waals surface area contributed by atoms with Crippen molar-refractivity contribution in [2.75, 3.05) is 13.1 Å². The molecule has 5 aliphatic rings. The number of hydrogen-bond acceptors (Lipinski definition) is 3. The first-order valence-corrected chi connectivity index (χ1v) is 9.52. The molecule has 6 rings (SSSR count). The fourth-order valence-corrected chi connectivity index (χ4v) is 6.26. The van der Waals surface area contributed by atoms with Crippen LogP contribution in [-0.2, 0) is 4.79 Å². The van der Waals surface area contributed by atoms with Gasteiger partial charge >= 0.3 is 0 Å². The van der Waals surface area contributed by atoms with Gasteiger partial charge in [0.25, 0.3) is 0 Å². The molecule has 0 unspecified atom stereocenters. The fourth-order valence-electron chi connectivity index (χ4n) is 6.26. The Kier molecular flexibility index (Phi) is 3.36. The van der Waals surface area contributed by atoms with E-state index in [9.17, 15) is 4.79 Å². The minimum Gasteiger partial charge on any atom is -0.485 e. The largest absolute Gasteiger partial charge is 0.485 e. The minimum absolute atomic E-state index is 0.134. The van der Waals surface area contributed by atoms with Crippen LogP contribution < -0.4 is 4.74 Å². The van der Waals surface area contributed by atoms with Crippen LogP contribution in [0.3, 0.4) is 0 Å². The van der Waals surface area contributed by atoms with Crippen LogP contribution >= 0.6 is 0 Å². The maximum Gasteiger partial charge on any atom is 0.223 e. The number of likely N-dealkylation sites (tertiary alicyclic amines) is 1. The number of carbonyl (C=O) groups is 1. The molecule has 1 saturated heterocycles. The second kappa shape index (κ2) is 5.47. The lowest BCUT2D eigenvalue weighted by Crippen LogP contribution is -2.57. The first-order valence-electron chi connectivity index (χ1n) is 9.52. The third kappa shape index (κ3) is 2.60. The van der Waals surface area contributed by atoms with Crippen LogP contribution in [0.25, 0.3) is 0 Å². The predicted molar refractivity (Wildman–Crippen MR) is 90.5 cm³/mol. The highest BCUT2D eigenvalue weighted by Crippen LogP contribution is 2.61. The maximum atomic E-state index is 12.8. The van der Waals surface area contributed by atoms with Gasteiger partial charge in [-0.1, -0.05) is 0 Å². The van der Waals surface area contributed by atoms with E-state index in [0.717, 1.165) is 43.0 Å². The lowest BCUT2D eigenvalue weighted by Gasteiger charge is -2.57. The van der Waals surface area contributed by atoms with Crippen molar-refractivity contribution in [3.63, 3.8) is 0 Å². The molecule has 1 aromatic heterocycles. The van der Waals surface area contributed by atoms with E-state index in [0.29, 0.717) is 11.3 Å². The van der Waals surface area contributed by atoms with Crippen molar-refractivity contribution in [2.24, 2.45) is 23.2 Å². The average molecular weight is 326 g/mol. The zero-order chi connectivity index (χ0) is 16.1. The summed E-state index contributed by atoms with van der Waals surface area (Å²) in [4.78, 5) is 18.8. The summed E-state index contributed by atoms with van der Waals surface area (Å²) < 4.78 is 5.87. The Balaban J connectivity index is 1.16. The van der Waals surface area contributed by atoms with Crippen molar-refractivity contribution in [1.82, 2.24) is 9.88 Å². The molecule has 0 atom stereocenters. The number of rotatable bonds is 4. The monoisotopic (exact) mass is 326 g/mol. The Hall–Kier alpha value is -1.58. The Morgan fingerprint density at radius 2 is 1.83 bits per heavy atom. The van der Waals surface area contributed by atoms with Gasteiger partial charge in [0.2, 0.25) is 5.91 Å². The molecule has 4 aliphatic carbocycles. The van der Waals surface area contributed by atoms with Crippen LogP contribution in [0, 0.1) is 23.2 Å². The molecule has 24 heavy (non-hydrogen) atoms. The highest BCUT2D eigenvalue weighted by atomic mass is 16.5. The van der Waals surface area contributed by atoms with Crippen LogP contribution in [0.4, 0.5) is 0 Å². The molecule has 0 spiro atoms. The summed E-state index contributed by atoms with van der Waals surface area (Å²) in [6, 6.07) is 3.80. The Morgan fingerprint density at radius 3 is 2.42 bits per heavy atom. The topological polar surface area (TPSA) is 42.4 Å². The smallest absolute Gasteiger partial charge is 0.223 e. The minimum atomic E-state index is 0.134. The van der Waals surface area contributed by atoms with Crippen LogP contribution in [0.5, 0.6) is 5.75 Å². The Labute approximate surface area is 143 Å². The van der Waals surface area contributed by atoms with Gasteiger partial charge in [0, 0.05) is 12.6 Å². The number of ether oxygens (including phenoxy) is 1. The van der Waals surface area contributed by atoms with Crippen molar-refractivity contribution in [3.8, 4) is 5.75 Å². The molecule has 4 nitrogen and oxygen atoms in total. The van der Waals surface area contributed by atoms with E-state index in [-0.39, 0.29) is 6.10 Å². The van der Waals surface area contributed by atoms with Crippen molar-refractivity contribution in [3.05, 3.63) is 24.5 Å². The van der Waals surface area contributed by atoms with Gasteiger partial charge in [-0.3, -0.25) is 9.78 Å². The van der Waals surface area contributed by atoms with Gasteiger partial charge in [-0.05, 0) is 73.8 Å². The Bertz CT molecular complexity index is 589. The number of nitrogens with zero attached hydrogens (tertiary/aromatic N) is 2. The first kappa shape index (κ1) is 14.7. The zero-order valence-corrected chi connectivity index (χ0v) is 14.2. The summed E-state index contributed by atoms with van der Waals surface area (Å²) in [6.07, 6.45) is 12.7. The van der Waals surface area contributed by atoms with E-state index in [1.807, 2.05) is 17.0 Å². The summed E-state index contributed by atoms with van der Waals surface area (Å²) in [7, 11) is 0. The predicted octanol–water partition coefficient (Wildman–Crippen LogP) is 3.28. The number of amides is 1. The van der Waals surface area contributed by atoms with Gasteiger partial charge in [-0.25, -0.2) is 0 Å². The molecule has 0 N–H and O–H groups in total. The molecule has 1 aromatic rings. The van der Waals surface area contributed by atoms with E-state index in [1.165, 1.54) is 38.5 Å². The lowest BCUT2D eigenvalue weighted by atomic mass is 9.49. The van der Waals surface area contributed by atoms with Gasteiger partial charge < -0.3 is 9.64 Å². The molecule has 0 aromatic carbocycles. The second-order valence-electron chi connectivity index (χ2n) is 8.82. The van der Waals surface area contributed by atoms with E-state index < -0.39 is 0 Å². The van der Waals surface area contributed by atoms with Gasteiger partial charge in [0.05, 0.1) is 19.3 Å². The molecule has 4 bridgehead atoms. The third-order valence-electron chi connectivity index (χ3n) is 6.83. The summed E-state index contributed by atoms with van der Waals surface area (Å²) in [5.41, 5.74) is 0.348. The van der Waals surface area contributed by atoms with E-state index in [2.05, 4.69) is 4.98 Å². The van der Waals surface area contributed by atoms with Crippen molar-refractivity contribution in [2.45, 2.75) is 51.0 Å². The molecule has 4 heteroatoms. The molecule has 4 saturated carbocycles. The van der Waals surface area contributed by atoms with E-state index in [4.69, 9.17) is 4.74 Å². The number of hydrogen-bond donors (Lipinski definition) is 0. The van der Waals surface area contributed by atoms with Crippen LogP contribution in [0.1, 0.15) is 44.9 Å². The lowest BCUT2D eigenvalue weighted by molar-refractivity contribution is -0.148. The van der Waals surface area contributed by atoms with E-state index in [1.54, 1.807) is 12.4 Å². The maximum absolute atomic E-state index is 12.8. The average Bonchev–Trinajstić information content (AvgIpc) is 2.49. The standard InChI is InChI=1S/C20H26N2O2/c23-19(22-12-18(13-22)24-17-2-1-3-21-11-17)10-20-7-14-4-15(8-20)6-16(5-14)9-20/h1-3,11,14-16,18H,4-10,12-13H2. The van der Waals surface area contributed by atoms with Crippen molar-refractivity contribution < 1.29 is 9.53 Å². The molecule has 1 aliphatic heterocycles. The third-order valence-corrected chi connectivity index (χ3v) is 6.83. The van der Waals surface area contributed by atoms with Crippen LogP contribution in [0.15, 0.2) is 24.5 Å². The molecule has 1 amide bonds. The molecular weight excluding hydrogens is 300 g/mol. The van der Waals surface area contributed by atoms with Crippen LogP contribution in [0.2, 0.25) is 0 Å². The highest BCUT2D eigenvalue weighted by molar-refractivity contribution is 5.78. The van der Waals surface area contributed by atoms with Gasteiger partial charge in [-0.2, -0.15) is 0 Å². The molecule has 128 valence electrons. The summed E-state index contributed by atoms with van der Waals surface area (Å²) in [5.74, 6) is 3.92. The number of aromatic nitrogens is 1. The van der Waals surface area contributed by atoms with E-state index >= 15 is 0 Å². The first-order chi connectivity index (χ1) is 11.7. The van der Waals surface area contributed by atoms with Gasteiger partial charge in [0.15, 0.2) is 0 Å². The Morgan fingerprint density at radius 1 is 1.17 bits per heavy atom. The molecule has 5 fully saturated rings. The molecular formula is C20H26N2O2. The molecule has 2 heterocycles. The van der Waals surface area contributed by atoms with Gasteiger partial charge in [0.1, 0.15) is 11.9 Å². The van der Waals surface area contributed by atoms with Crippen molar-refractivity contribution >= 4 is 5.91 Å². The molecule has 0 radical (unpaired) electrons. The fraction of sp³-hybridized carbons (Fsp3) is 0.700. The second-order valence-corrected chi connectivity index (χ2v) is 8.82. The highest BCUT2D eigenvalue weighted by Gasteiger charge is 2.52. The normalized spacial score (nSPS) is 37.3. The summed E-state index contributed by atoms with van der Waals surface area (Å²) >= 11 is 0. The number of carbonyl (C=O) groups excluding carboxylic acids is 1. The summed E-state index contributed by atoms with van der Waals surface area (Å²) in [5, 5.41) is 0. The summed E-state index contributed by atoms with van der Waals surface area (Å²) in [6.45, 7) is 1.47. The van der Waals surface area contributed by atoms with Gasteiger partial charge in [-0.15, -0.1) is 0 Å². The van der Waals surface area contributed by atoms with Crippen molar-refractivity contribution in [1.29, 1.82) is 0 Å².